The van der Waals surface area contributed by atoms with Gasteiger partial charge >= 0.3 is 0 Å². The highest BCUT2D eigenvalue weighted by molar-refractivity contribution is 6.09. The first-order valence-electron chi connectivity index (χ1n) is 6.64. The molecule has 1 N–H and O–H groups in total. The topological polar surface area (TPSA) is 96.0 Å². The van der Waals surface area contributed by atoms with E-state index in [1.54, 1.807) is 6.07 Å². The third kappa shape index (κ3) is 4.00. The molecule has 0 aliphatic rings. The summed E-state index contributed by atoms with van der Waals surface area (Å²) in [5.74, 6) is -5.82. The second-order valence-corrected chi connectivity index (χ2v) is 4.70. The summed E-state index contributed by atoms with van der Waals surface area (Å²) in [6.07, 6.45) is 1.11. The molecule has 2 aromatic carbocycles. The Morgan fingerprint density at radius 2 is 1.76 bits per heavy atom. The molecule has 0 saturated carbocycles. The molecule has 2 rings (SSSR count). The molecule has 0 aromatic heterocycles. The number of nitro groups is 1. The normalized spacial score (nSPS) is 10.9. The van der Waals surface area contributed by atoms with Crippen molar-refractivity contribution >= 4 is 23.4 Å². The number of nitrogens with one attached hydrogen (secondary N) is 1. The first-order valence-corrected chi connectivity index (χ1v) is 6.64. The van der Waals surface area contributed by atoms with Crippen molar-refractivity contribution in [2.24, 2.45) is 0 Å². The fourth-order valence-corrected chi connectivity index (χ4v) is 1.82. The van der Waals surface area contributed by atoms with Crippen molar-refractivity contribution in [3.63, 3.8) is 0 Å². The van der Waals surface area contributed by atoms with Gasteiger partial charge in [-0.15, -0.1) is 0 Å². The summed E-state index contributed by atoms with van der Waals surface area (Å²) in [7, 11) is 0. The summed E-state index contributed by atoms with van der Waals surface area (Å²) in [6, 6.07) is 7.98. The minimum absolute atomic E-state index is 0.177. The van der Waals surface area contributed by atoms with Gasteiger partial charge in [0.1, 0.15) is 11.6 Å². The van der Waals surface area contributed by atoms with Crippen LogP contribution in [0.25, 0.3) is 6.08 Å². The van der Waals surface area contributed by atoms with Crippen LogP contribution >= 0.6 is 0 Å². The Kier molecular flexibility index (Phi) is 5.14. The molecule has 25 heavy (non-hydrogen) atoms. The standard InChI is InChI=1S/C16H8F3N3O3/c17-12-5-6-13(15(19)14(12)18)21-16(23)10(8-20)7-9-1-3-11(4-2-9)22(24)25/h1-7H,(H,21,23)/b10-7-. The van der Waals surface area contributed by atoms with Gasteiger partial charge in [-0.05, 0) is 35.9 Å². The number of halogens is 3. The van der Waals surface area contributed by atoms with E-state index in [-0.39, 0.29) is 5.69 Å². The number of hydrogen-bond acceptors (Lipinski definition) is 4. The number of nitrogens with zero attached hydrogens (tertiary/aromatic N) is 2. The zero-order valence-electron chi connectivity index (χ0n) is 12.3. The van der Waals surface area contributed by atoms with Crippen LogP contribution in [0.2, 0.25) is 0 Å². The number of benzene rings is 2. The van der Waals surface area contributed by atoms with E-state index in [9.17, 15) is 28.1 Å². The number of anilines is 1. The molecule has 0 atom stereocenters. The highest BCUT2D eigenvalue weighted by atomic mass is 19.2. The first kappa shape index (κ1) is 17.7. The molecule has 0 fully saturated rings. The molecule has 0 aliphatic heterocycles. The molecule has 126 valence electrons. The molecular formula is C16H8F3N3O3. The van der Waals surface area contributed by atoms with E-state index in [1.807, 2.05) is 5.32 Å². The quantitative estimate of drug-likeness (QED) is 0.301. The summed E-state index contributed by atoms with van der Waals surface area (Å²) < 4.78 is 39.5. The van der Waals surface area contributed by atoms with Crippen LogP contribution in [0.3, 0.4) is 0 Å². The van der Waals surface area contributed by atoms with Gasteiger partial charge in [-0.25, -0.2) is 13.2 Å². The Bertz CT molecular complexity index is 919. The van der Waals surface area contributed by atoms with Crippen molar-refractivity contribution < 1.29 is 22.9 Å². The van der Waals surface area contributed by atoms with Gasteiger partial charge in [-0.2, -0.15) is 5.26 Å². The number of nitriles is 1. The van der Waals surface area contributed by atoms with Crippen LogP contribution in [-0.4, -0.2) is 10.8 Å². The molecule has 6 nitrogen and oxygen atoms in total. The number of nitro benzene ring substituents is 1. The maximum Gasteiger partial charge on any atom is 0.269 e. The number of non-ortho nitro benzene ring substituents is 1. The molecule has 0 radical (unpaired) electrons. The van der Waals surface area contributed by atoms with Crippen molar-refractivity contribution in [2.75, 3.05) is 5.32 Å². The largest absolute Gasteiger partial charge is 0.319 e. The Morgan fingerprint density at radius 1 is 1.12 bits per heavy atom. The maximum absolute atomic E-state index is 13.5. The zero-order chi connectivity index (χ0) is 18.6. The SMILES string of the molecule is N#C/C(=C/c1ccc([N+](=O)[O-])cc1)C(=O)Nc1ccc(F)c(F)c1F. The van der Waals surface area contributed by atoms with Crippen LogP contribution in [-0.2, 0) is 4.79 Å². The summed E-state index contributed by atoms with van der Waals surface area (Å²) in [4.78, 5) is 21.9. The van der Waals surface area contributed by atoms with E-state index in [0.29, 0.717) is 11.6 Å². The Hall–Kier alpha value is -3.67. The molecule has 9 heteroatoms. The van der Waals surface area contributed by atoms with Crippen LogP contribution in [0.15, 0.2) is 42.0 Å². The third-order valence-electron chi connectivity index (χ3n) is 3.06. The summed E-state index contributed by atoms with van der Waals surface area (Å²) in [5, 5.41) is 21.6. The van der Waals surface area contributed by atoms with Gasteiger partial charge in [0.2, 0.25) is 0 Å². The van der Waals surface area contributed by atoms with Gasteiger partial charge in [0, 0.05) is 12.1 Å². The highest BCUT2D eigenvalue weighted by Gasteiger charge is 2.17. The molecule has 2 aromatic rings. The van der Waals surface area contributed by atoms with Crippen LogP contribution in [0, 0.1) is 38.9 Å². The molecule has 0 aliphatic carbocycles. The van der Waals surface area contributed by atoms with Crippen LogP contribution < -0.4 is 5.32 Å². The van der Waals surface area contributed by atoms with E-state index in [2.05, 4.69) is 0 Å². The monoisotopic (exact) mass is 347 g/mol. The predicted octanol–water partition coefficient (Wildman–Crippen LogP) is 3.56. The maximum atomic E-state index is 13.5. The Morgan fingerprint density at radius 3 is 2.32 bits per heavy atom. The van der Waals surface area contributed by atoms with E-state index >= 15 is 0 Å². The fourth-order valence-electron chi connectivity index (χ4n) is 1.82. The van der Waals surface area contributed by atoms with E-state index < -0.39 is 39.5 Å². The van der Waals surface area contributed by atoms with Crippen molar-refractivity contribution in [3.8, 4) is 6.07 Å². The smallest absolute Gasteiger partial charge is 0.269 e. The van der Waals surface area contributed by atoms with Crippen molar-refractivity contribution in [3.05, 3.63) is 75.1 Å². The second-order valence-electron chi connectivity index (χ2n) is 4.70. The number of carbonyl (C=O) groups excluding carboxylic acids is 1. The second kappa shape index (κ2) is 7.27. The lowest BCUT2D eigenvalue weighted by Gasteiger charge is -2.06. The van der Waals surface area contributed by atoms with Gasteiger partial charge in [0.15, 0.2) is 17.5 Å². The van der Waals surface area contributed by atoms with Crippen LogP contribution in [0.5, 0.6) is 0 Å². The van der Waals surface area contributed by atoms with Crippen LogP contribution in [0.1, 0.15) is 5.56 Å². The number of rotatable bonds is 4. The molecule has 0 saturated heterocycles. The highest BCUT2D eigenvalue weighted by Crippen LogP contribution is 2.21. The molecule has 0 unspecified atom stereocenters. The van der Waals surface area contributed by atoms with Gasteiger partial charge in [0.25, 0.3) is 11.6 Å². The number of amides is 1. The van der Waals surface area contributed by atoms with Crippen LogP contribution in [0.4, 0.5) is 24.5 Å². The Balaban J connectivity index is 2.25. The van der Waals surface area contributed by atoms with Crippen molar-refractivity contribution in [1.29, 1.82) is 5.26 Å². The number of hydrogen-bond donors (Lipinski definition) is 1. The van der Waals surface area contributed by atoms with E-state index in [4.69, 9.17) is 5.26 Å². The van der Waals surface area contributed by atoms with Gasteiger partial charge in [-0.3, -0.25) is 14.9 Å². The first-order chi connectivity index (χ1) is 11.8. The minimum atomic E-state index is -1.75. The van der Waals surface area contributed by atoms with Gasteiger partial charge < -0.3 is 5.32 Å². The molecule has 0 heterocycles. The average molecular weight is 347 g/mol. The predicted molar refractivity (Wildman–Crippen MR) is 81.6 cm³/mol. The average Bonchev–Trinajstić information content (AvgIpc) is 2.60. The summed E-state index contributed by atoms with van der Waals surface area (Å²) in [5.41, 5.74) is -0.959. The lowest BCUT2D eigenvalue weighted by Crippen LogP contribution is -2.15. The molecule has 1 amide bonds. The van der Waals surface area contributed by atoms with Gasteiger partial charge in [-0.1, -0.05) is 0 Å². The zero-order valence-corrected chi connectivity index (χ0v) is 12.3. The van der Waals surface area contributed by atoms with Gasteiger partial charge in [0.05, 0.1) is 10.6 Å². The third-order valence-corrected chi connectivity index (χ3v) is 3.06. The lowest BCUT2D eigenvalue weighted by molar-refractivity contribution is -0.384. The lowest BCUT2D eigenvalue weighted by atomic mass is 10.1. The summed E-state index contributed by atoms with van der Waals surface area (Å²) >= 11 is 0. The van der Waals surface area contributed by atoms with E-state index in [1.165, 1.54) is 24.3 Å². The Labute approximate surface area is 139 Å². The molecule has 0 bridgehead atoms. The van der Waals surface area contributed by atoms with Crippen molar-refractivity contribution in [1.82, 2.24) is 0 Å². The van der Waals surface area contributed by atoms with Crippen molar-refractivity contribution in [2.45, 2.75) is 0 Å². The fraction of sp³-hybridized carbons (Fsp3) is 0. The van der Waals surface area contributed by atoms with E-state index in [0.717, 1.165) is 12.1 Å². The minimum Gasteiger partial charge on any atom is -0.319 e. The molecular weight excluding hydrogens is 339 g/mol. The summed E-state index contributed by atoms with van der Waals surface area (Å²) in [6.45, 7) is 0. The number of carbonyl (C=O) groups is 1. The molecule has 0 spiro atoms.